The van der Waals surface area contributed by atoms with Gasteiger partial charge in [-0.05, 0) is 18.8 Å². The number of hydrogen-bond acceptors (Lipinski definition) is 4. The second kappa shape index (κ2) is 7.18. The molecular weight excluding hydrogens is 250 g/mol. The number of nitrogens with zero attached hydrogens (tertiary/aromatic N) is 4. The first-order valence-electron chi connectivity index (χ1n) is 7.91. The van der Waals surface area contributed by atoms with E-state index in [1.807, 2.05) is 13.2 Å². The zero-order chi connectivity index (χ0) is 14.5. The third kappa shape index (κ3) is 4.28. The van der Waals surface area contributed by atoms with Gasteiger partial charge < -0.3 is 5.32 Å². The predicted octanol–water partition coefficient (Wildman–Crippen LogP) is 1.80. The van der Waals surface area contributed by atoms with Crippen molar-refractivity contribution in [1.82, 2.24) is 25.2 Å². The Kier molecular flexibility index (Phi) is 5.54. The fraction of sp³-hybridized carbons (Fsp3) is 0.867. The van der Waals surface area contributed by atoms with Crippen LogP contribution in [0.15, 0.2) is 6.20 Å². The fourth-order valence-electron chi connectivity index (χ4n) is 3.14. The highest BCUT2D eigenvalue weighted by atomic mass is 15.4. The lowest BCUT2D eigenvalue weighted by Gasteiger charge is -2.40. The first kappa shape index (κ1) is 15.4. The van der Waals surface area contributed by atoms with Gasteiger partial charge in [-0.2, -0.15) is 0 Å². The predicted molar refractivity (Wildman–Crippen MR) is 81.4 cm³/mol. The Bertz CT molecular complexity index is 401. The Balaban J connectivity index is 1.98. The lowest BCUT2D eigenvalue weighted by molar-refractivity contribution is 0.106. The zero-order valence-electron chi connectivity index (χ0n) is 13.3. The minimum absolute atomic E-state index is 0.611. The average molecular weight is 279 g/mol. The van der Waals surface area contributed by atoms with Gasteiger partial charge in [0.1, 0.15) is 0 Å². The smallest absolute Gasteiger partial charge is 0.0967 e. The van der Waals surface area contributed by atoms with E-state index in [-0.39, 0.29) is 0 Å². The van der Waals surface area contributed by atoms with Crippen molar-refractivity contribution in [2.24, 2.45) is 13.0 Å². The number of hydrogen-bond donors (Lipinski definition) is 1. The van der Waals surface area contributed by atoms with Gasteiger partial charge in [-0.25, -0.2) is 0 Å². The Morgan fingerprint density at radius 2 is 2.25 bits per heavy atom. The molecule has 1 aliphatic heterocycles. The maximum absolute atomic E-state index is 4.24. The van der Waals surface area contributed by atoms with Crippen LogP contribution in [0.2, 0.25) is 0 Å². The maximum atomic E-state index is 4.24. The molecule has 1 N–H and O–H groups in total. The van der Waals surface area contributed by atoms with Gasteiger partial charge in [0.2, 0.25) is 0 Å². The van der Waals surface area contributed by atoms with Crippen LogP contribution in [0.25, 0.3) is 0 Å². The van der Waals surface area contributed by atoms with Gasteiger partial charge in [0.25, 0.3) is 0 Å². The molecule has 0 saturated carbocycles. The highest BCUT2D eigenvalue weighted by Gasteiger charge is 2.28. The summed E-state index contributed by atoms with van der Waals surface area (Å²) < 4.78 is 1.79. The van der Waals surface area contributed by atoms with Crippen LogP contribution in [0.4, 0.5) is 0 Å². The van der Waals surface area contributed by atoms with Gasteiger partial charge in [0.05, 0.1) is 5.69 Å². The van der Waals surface area contributed by atoms with E-state index in [1.165, 1.54) is 19.3 Å². The number of rotatable bonds is 6. The van der Waals surface area contributed by atoms with Gasteiger partial charge in [0.15, 0.2) is 0 Å². The van der Waals surface area contributed by atoms with E-state index in [1.54, 1.807) is 4.68 Å². The molecule has 0 aromatic carbocycles. The highest BCUT2D eigenvalue weighted by molar-refractivity contribution is 4.95. The van der Waals surface area contributed by atoms with Crippen LogP contribution in [0, 0.1) is 5.92 Å². The molecule has 2 atom stereocenters. The second-order valence-corrected chi connectivity index (χ2v) is 6.49. The summed E-state index contributed by atoms with van der Waals surface area (Å²) in [6.45, 7) is 10.0. The molecule has 114 valence electrons. The van der Waals surface area contributed by atoms with E-state index >= 15 is 0 Å². The quantitative estimate of drug-likeness (QED) is 0.862. The fourth-order valence-corrected chi connectivity index (χ4v) is 3.14. The number of aromatic nitrogens is 3. The second-order valence-electron chi connectivity index (χ2n) is 6.49. The van der Waals surface area contributed by atoms with Crippen LogP contribution in [0.3, 0.4) is 0 Å². The summed E-state index contributed by atoms with van der Waals surface area (Å²) in [6, 6.07) is 1.24. The van der Waals surface area contributed by atoms with Crippen molar-refractivity contribution in [3.63, 3.8) is 0 Å². The van der Waals surface area contributed by atoms with E-state index in [2.05, 4.69) is 41.3 Å². The molecule has 0 aliphatic carbocycles. The van der Waals surface area contributed by atoms with Gasteiger partial charge in [-0.15, -0.1) is 5.10 Å². The van der Waals surface area contributed by atoms with E-state index in [9.17, 15) is 0 Å². The van der Waals surface area contributed by atoms with Gasteiger partial charge in [-0.3, -0.25) is 9.58 Å². The summed E-state index contributed by atoms with van der Waals surface area (Å²) in [5.74, 6) is 0.744. The first-order valence-corrected chi connectivity index (χ1v) is 7.91. The van der Waals surface area contributed by atoms with Crippen LogP contribution < -0.4 is 5.32 Å². The van der Waals surface area contributed by atoms with Gasteiger partial charge in [-0.1, -0.05) is 32.4 Å². The molecule has 0 radical (unpaired) electrons. The third-order valence-electron chi connectivity index (χ3n) is 4.01. The molecule has 2 unspecified atom stereocenters. The first-order chi connectivity index (χ1) is 9.58. The molecule has 0 amide bonds. The normalized spacial score (nSPS) is 24.4. The molecular formula is C15H29N5. The Morgan fingerprint density at radius 1 is 1.45 bits per heavy atom. The summed E-state index contributed by atoms with van der Waals surface area (Å²) in [7, 11) is 1.93. The molecule has 0 spiro atoms. The summed E-state index contributed by atoms with van der Waals surface area (Å²) in [4.78, 5) is 2.59. The lowest BCUT2D eigenvalue weighted by Crippen LogP contribution is -2.56. The third-order valence-corrected chi connectivity index (χ3v) is 4.01. The SMILES string of the molecule is CCCC1CNC(CC(C)C)CN1Cc1cn(C)nn1. The van der Waals surface area contributed by atoms with Gasteiger partial charge in [0, 0.05) is 45.0 Å². The molecule has 5 heteroatoms. The monoisotopic (exact) mass is 279 g/mol. The Labute approximate surface area is 122 Å². The van der Waals surface area contributed by atoms with E-state index in [0.29, 0.717) is 12.1 Å². The van der Waals surface area contributed by atoms with Crippen molar-refractivity contribution in [3.8, 4) is 0 Å². The summed E-state index contributed by atoms with van der Waals surface area (Å²) in [6.07, 6.45) is 5.76. The van der Waals surface area contributed by atoms with Gasteiger partial charge >= 0.3 is 0 Å². The number of nitrogens with one attached hydrogen (secondary N) is 1. The molecule has 1 aliphatic rings. The van der Waals surface area contributed by atoms with E-state index in [0.717, 1.165) is 31.2 Å². The summed E-state index contributed by atoms with van der Waals surface area (Å²) in [5, 5.41) is 12.0. The van der Waals surface area contributed by atoms with Crippen molar-refractivity contribution in [1.29, 1.82) is 0 Å². The van der Waals surface area contributed by atoms with Crippen LogP contribution in [0.1, 0.15) is 45.7 Å². The largest absolute Gasteiger partial charge is 0.311 e. The molecule has 1 saturated heterocycles. The van der Waals surface area contributed by atoms with Crippen molar-refractivity contribution in [2.75, 3.05) is 13.1 Å². The molecule has 1 aromatic rings. The van der Waals surface area contributed by atoms with E-state index in [4.69, 9.17) is 0 Å². The standard InChI is InChI=1S/C15H29N5/c1-5-6-15-8-16-13(7-12(2)3)10-20(15)11-14-9-19(4)18-17-14/h9,12-13,15-16H,5-8,10-11H2,1-4H3. The van der Waals surface area contributed by atoms with Crippen molar-refractivity contribution >= 4 is 0 Å². The van der Waals surface area contributed by atoms with Crippen molar-refractivity contribution < 1.29 is 0 Å². The molecule has 2 heterocycles. The van der Waals surface area contributed by atoms with Crippen LogP contribution in [0.5, 0.6) is 0 Å². The van der Waals surface area contributed by atoms with Crippen molar-refractivity contribution in [2.45, 2.75) is 58.7 Å². The molecule has 2 rings (SSSR count). The molecule has 5 nitrogen and oxygen atoms in total. The van der Waals surface area contributed by atoms with E-state index < -0.39 is 0 Å². The molecule has 0 bridgehead atoms. The van der Waals surface area contributed by atoms with Crippen LogP contribution in [-0.2, 0) is 13.6 Å². The Hall–Kier alpha value is -0.940. The van der Waals surface area contributed by atoms with Crippen molar-refractivity contribution in [3.05, 3.63) is 11.9 Å². The summed E-state index contributed by atoms with van der Waals surface area (Å²) >= 11 is 0. The average Bonchev–Trinajstić information content (AvgIpc) is 2.77. The minimum Gasteiger partial charge on any atom is -0.311 e. The van der Waals surface area contributed by atoms with Crippen LogP contribution in [-0.4, -0.2) is 45.1 Å². The van der Waals surface area contributed by atoms with Crippen LogP contribution >= 0.6 is 0 Å². The Morgan fingerprint density at radius 3 is 2.85 bits per heavy atom. The molecule has 20 heavy (non-hydrogen) atoms. The highest BCUT2D eigenvalue weighted by Crippen LogP contribution is 2.18. The maximum Gasteiger partial charge on any atom is 0.0967 e. The molecule has 1 aromatic heterocycles. The zero-order valence-corrected chi connectivity index (χ0v) is 13.3. The lowest BCUT2D eigenvalue weighted by atomic mass is 9.98. The number of aryl methyl sites for hydroxylation is 1. The summed E-state index contributed by atoms with van der Waals surface area (Å²) in [5.41, 5.74) is 1.08. The molecule has 1 fully saturated rings. The minimum atomic E-state index is 0.611. The topological polar surface area (TPSA) is 46.0 Å². The number of piperazine rings is 1.